The summed E-state index contributed by atoms with van der Waals surface area (Å²) in [6, 6.07) is 8.75. The summed E-state index contributed by atoms with van der Waals surface area (Å²) in [5, 5.41) is 0. The number of amides is 1. The highest BCUT2D eigenvalue weighted by molar-refractivity contribution is 8.04. The average Bonchev–Trinajstić information content (AvgIpc) is 3.27. The van der Waals surface area contributed by atoms with Crippen LogP contribution >= 0.6 is 11.8 Å². The molecule has 1 amide bonds. The zero-order valence-electron chi connectivity index (χ0n) is 15.0. The first kappa shape index (κ1) is 17.3. The highest BCUT2D eigenvalue weighted by Gasteiger charge is 2.46. The van der Waals surface area contributed by atoms with E-state index in [9.17, 15) is 14.4 Å². The number of nitrogens with zero attached hydrogens (tertiary/aromatic N) is 1. The van der Waals surface area contributed by atoms with Gasteiger partial charge in [-0.2, -0.15) is 0 Å². The Morgan fingerprint density at radius 1 is 1.04 bits per heavy atom. The molecule has 2 aliphatic heterocycles. The van der Waals surface area contributed by atoms with E-state index in [1.54, 1.807) is 23.1 Å². The minimum absolute atomic E-state index is 0.0456. The number of Topliss-reactive ketones (excluding diaryl/α,β-unsaturated/α-hetero) is 2. The molecule has 1 saturated heterocycles. The SMILES string of the molecule is O=C1C(=O)c2ccccc2C2=C1SCC1(CCN(C(=O)c3ccoc3)CC1)O2. The molecule has 1 aromatic carbocycles. The van der Waals surface area contributed by atoms with E-state index in [4.69, 9.17) is 9.15 Å². The summed E-state index contributed by atoms with van der Waals surface area (Å²) in [5.74, 6) is 0.116. The van der Waals surface area contributed by atoms with Gasteiger partial charge in [0.2, 0.25) is 11.6 Å². The van der Waals surface area contributed by atoms with Crippen molar-refractivity contribution in [2.24, 2.45) is 0 Å². The molecule has 28 heavy (non-hydrogen) atoms. The molecular formula is C21H17NO5S. The van der Waals surface area contributed by atoms with Gasteiger partial charge in [0.25, 0.3) is 5.91 Å². The van der Waals surface area contributed by atoms with Crippen molar-refractivity contribution < 1.29 is 23.5 Å². The normalized spacial score (nSPS) is 20.6. The molecule has 1 aromatic heterocycles. The van der Waals surface area contributed by atoms with Gasteiger partial charge in [0.15, 0.2) is 0 Å². The maximum atomic E-state index is 12.5. The van der Waals surface area contributed by atoms with Crippen LogP contribution in [0.5, 0.6) is 0 Å². The highest BCUT2D eigenvalue weighted by Crippen LogP contribution is 2.47. The topological polar surface area (TPSA) is 76.8 Å². The van der Waals surface area contributed by atoms with Gasteiger partial charge < -0.3 is 14.1 Å². The van der Waals surface area contributed by atoms with Crippen molar-refractivity contribution in [1.82, 2.24) is 4.90 Å². The number of ketones is 2. The van der Waals surface area contributed by atoms with Crippen LogP contribution in [0.1, 0.15) is 39.1 Å². The lowest BCUT2D eigenvalue weighted by molar-refractivity contribution is -0.111. The van der Waals surface area contributed by atoms with Crippen molar-refractivity contribution in [1.29, 1.82) is 0 Å². The molecule has 2 aromatic rings. The largest absolute Gasteiger partial charge is 0.484 e. The number of hydrogen-bond donors (Lipinski definition) is 0. The number of carbonyl (C=O) groups excluding carboxylic acids is 3. The van der Waals surface area contributed by atoms with Crippen LogP contribution in [0.25, 0.3) is 5.76 Å². The van der Waals surface area contributed by atoms with Gasteiger partial charge in [-0.3, -0.25) is 14.4 Å². The van der Waals surface area contributed by atoms with Crippen LogP contribution < -0.4 is 0 Å². The highest BCUT2D eigenvalue weighted by atomic mass is 32.2. The third-order valence-electron chi connectivity index (χ3n) is 5.56. The van der Waals surface area contributed by atoms with Gasteiger partial charge in [-0.25, -0.2) is 0 Å². The fourth-order valence-electron chi connectivity index (χ4n) is 3.94. The van der Waals surface area contributed by atoms with E-state index in [-0.39, 0.29) is 5.91 Å². The average molecular weight is 395 g/mol. The molecule has 7 heteroatoms. The van der Waals surface area contributed by atoms with Gasteiger partial charge in [0.05, 0.1) is 11.8 Å². The maximum Gasteiger partial charge on any atom is 0.257 e. The zero-order chi connectivity index (χ0) is 19.3. The monoisotopic (exact) mass is 395 g/mol. The van der Waals surface area contributed by atoms with Crippen LogP contribution in [0.3, 0.4) is 0 Å². The number of likely N-dealkylation sites (tertiary alicyclic amines) is 1. The van der Waals surface area contributed by atoms with Crippen LogP contribution in [0.15, 0.2) is 52.2 Å². The number of furan rings is 1. The van der Waals surface area contributed by atoms with E-state index in [0.717, 1.165) is 0 Å². The first-order chi connectivity index (χ1) is 13.6. The molecule has 1 spiro atoms. The van der Waals surface area contributed by atoms with Crippen LogP contribution in [0.4, 0.5) is 0 Å². The van der Waals surface area contributed by atoms with Crippen molar-refractivity contribution in [3.05, 3.63) is 64.5 Å². The summed E-state index contributed by atoms with van der Waals surface area (Å²) in [5.41, 5.74) is 1.19. The number of piperidine rings is 1. The molecular weight excluding hydrogens is 378 g/mol. The standard InChI is InChI=1S/C21H17NO5S/c23-16-14-3-1-2-4-15(14)18-19(17(16)24)28-12-21(27-18)6-8-22(9-7-21)20(25)13-5-10-26-11-13/h1-5,10-11H,6-9,12H2. The second-order valence-electron chi connectivity index (χ2n) is 7.24. The van der Waals surface area contributed by atoms with E-state index in [0.29, 0.717) is 59.0 Å². The van der Waals surface area contributed by atoms with Gasteiger partial charge in [-0.15, -0.1) is 11.8 Å². The predicted molar refractivity (Wildman–Crippen MR) is 103 cm³/mol. The second kappa shape index (κ2) is 6.38. The number of rotatable bonds is 1. The summed E-state index contributed by atoms with van der Waals surface area (Å²) in [7, 11) is 0. The van der Waals surface area contributed by atoms with Crippen LogP contribution in [0.2, 0.25) is 0 Å². The predicted octanol–water partition coefficient (Wildman–Crippen LogP) is 3.15. The maximum absolute atomic E-state index is 12.5. The Labute approximate surface area is 165 Å². The van der Waals surface area contributed by atoms with Crippen molar-refractivity contribution >= 4 is 35.0 Å². The number of fused-ring (bicyclic) bond motifs is 2. The zero-order valence-corrected chi connectivity index (χ0v) is 15.8. The fraction of sp³-hybridized carbons (Fsp3) is 0.286. The number of hydrogen-bond acceptors (Lipinski definition) is 6. The Morgan fingerprint density at radius 3 is 2.50 bits per heavy atom. The van der Waals surface area contributed by atoms with Crippen molar-refractivity contribution in [3.8, 4) is 0 Å². The molecule has 0 N–H and O–H groups in total. The molecule has 3 aliphatic rings. The molecule has 0 atom stereocenters. The summed E-state index contributed by atoms with van der Waals surface area (Å²) in [4.78, 5) is 39.6. The molecule has 142 valence electrons. The van der Waals surface area contributed by atoms with Gasteiger partial charge in [0, 0.05) is 42.8 Å². The van der Waals surface area contributed by atoms with Crippen molar-refractivity contribution in [2.75, 3.05) is 18.8 Å². The lowest BCUT2D eigenvalue weighted by Gasteiger charge is -2.45. The number of thioether (sulfide) groups is 1. The third kappa shape index (κ3) is 2.61. The Morgan fingerprint density at radius 2 is 1.79 bits per heavy atom. The molecule has 1 fully saturated rings. The van der Waals surface area contributed by atoms with Crippen LogP contribution in [0, 0.1) is 0 Å². The Hall–Kier alpha value is -2.80. The number of ether oxygens (including phenoxy) is 1. The number of benzene rings is 1. The Kier molecular flexibility index (Phi) is 3.94. The van der Waals surface area contributed by atoms with Crippen LogP contribution in [-0.2, 0) is 9.53 Å². The molecule has 0 unspecified atom stereocenters. The molecule has 1 aliphatic carbocycles. The number of carbonyl (C=O) groups is 3. The Balaban J connectivity index is 1.39. The van der Waals surface area contributed by atoms with Crippen molar-refractivity contribution in [2.45, 2.75) is 18.4 Å². The molecule has 0 bridgehead atoms. The molecule has 0 radical (unpaired) electrons. The Bertz CT molecular complexity index is 1020. The first-order valence-corrected chi connectivity index (χ1v) is 10.1. The van der Waals surface area contributed by atoms with Crippen LogP contribution in [-0.4, -0.2) is 46.8 Å². The van der Waals surface area contributed by atoms with E-state index in [1.807, 2.05) is 12.1 Å². The van der Waals surface area contributed by atoms with Gasteiger partial charge in [-0.1, -0.05) is 24.3 Å². The lowest BCUT2D eigenvalue weighted by Crippen LogP contribution is -2.50. The van der Waals surface area contributed by atoms with E-state index in [1.165, 1.54) is 24.3 Å². The minimum Gasteiger partial charge on any atom is -0.484 e. The van der Waals surface area contributed by atoms with Gasteiger partial charge in [0.1, 0.15) is 22.5 Å². The molecule has 6 nitrogen and oxygen atoms in total. The third-order valence-corrected chi connectivity index (χ3v) is 6.89. The number of allylic oxidation sites excluding steroid dienone is 1. The lowest BCUT2D eigenvalue weighted by atomic mass is 9.90. The fourth-order valence-corrected chi connectivity index (χ4v) is 5.21. The summed E-state index contributed by atoms with van der Waals surface area (Å²) >= 11 is 1.40. The summed E-state index contributed by atoms with van der Waals surface area (Å²) in [6.07, 6.45) is 4.29. The van der Waals surface area contributed by atoms with E-state index >= 15 is 0 Å². The van der Waals surface area contributed by atoms with Gasteiger partial charge in [-0.05, 0) is 6.07 Å². The molecule has 0 saturated carbocycles. The quantitative estimate of drug-likeness (QED) is 0.691. The minimum atomic E-state index is -0.485. The smallest absolute Gasteiger partial charge is 0.257 e. The van der Waals surface area contributed by atoms with E-state index < -0.39 is 17.2 Å². The summed E-state index contributed by atoms with van der Waals surface area (Å²) < 4.78 is 11.4. The van der Waals surface area contributed by atoms with Gasteiger partial charge >= 0.3 is 0 Å². The second-order valence-corrected chi connectivity index (χ2v) is 8.23. The van der Waals surface area contributed by atoms with E-state index in [2.05, 4.69) is 0 Å². The first-order valence-electron chi connectivity index (χ1n) is 9.14. The van der Waals surface area contributed by atoms with Crippen molar-refractivity contribution in [3.63, 3.8) is 0 Å². The summed E-state index contributed by atoms with van der Waals surface area (Å²) in [6.45, 7) is 1.14. The molecule has 5 rings (SSSR count). The molecule has 3 heterocycles.